The molecule has 0 heterocycles. The first kappa shape index (κ1) is 13.6. The van der Waals surface area contributed by atoms with Crippen LogP contribution in [-0.2, 0) is 9.59 Å². The monoisotopic (exact) mass is 256 g/mol. The fourth-order valence-electron chi connectivity index (χ4n) is 1.05. The number of rotatable bonds is 5. The van der Waals surface area contributed by atoms with E-state index in [1.165, 1.54) is 24.3 Å². The average Bonchev–Trinajstić information content (AvgIpc) is 2.28. The van der Waals surface area contributed by atoms with E-state index in [2.05, 4.69) is 10.1 Å². The van der Waals surface area contributed by atoms with Gasteiger partial charge in [-0.2, -0.15) is 8.78 Å². The molecule has 0 bridgehead atoms. The van der Waals surface area contributed by atoms with Crippen molar-refractivity contribution in [2.75, 3.05) is 5.32 Å². The molecule has 0 spiro atoms. The zero-order valence-corrected chi connectivity index (χ0v) is 8.93. The van der Waals surface area contributed by atoms with Gasteiger partial charge in [-0.25, -0.2) is 0 Å². The first-order valence-electron chi connectivity index (χ1n) is 4.72. The number of ether oxygens (including phenoxy) is 1. The van der Waals surface area contributed by atoms with Gasteiger partial charge in [0.25, 0.3) is 0 Å². The van der Waals surface area contributed by atoms with E-state index < -0.39 is 18.5 Å². The molecule has 1 N–H and O–H groups in total. The third-order valence-corrected chi connectivity index (χ3v) is 1.72. The summed E-state index contributed by atoms with van der Waals surface area (Å²) in [7, 11) is 0. The molecule has 0 atom stereocenters. The number of nitrogens with one attached hydrogen (secondary N) is 1. The van der Waals surface area contributed by atoms with Crippen LogP contribution in [0.2, 0.25) is 0 Å². The quantitative estimate of drug-likeness (QED) is 0.779. The predicted octanol–water partition coefficient (Wildman–Crippen LogP) is 0.533. The highest BCUT2D eigenvalue weighted by atomic mass is 19.3. The largest absolute Gasteiger partial charge is 0.545 e. The van der Waals surface area contributed by atoms with Crippen LogP contribution in [0, 0.1) is 0 Å². The number of hydrogen-bond donors (Lipinski definition) is 1. The van der Waals surface area contributed by atoms with Crippen molar-refractivity contribution in [2.24, 2.45) is 0 Å². The Morgan fingerprint density at radius 1 is 1.22 bits per heavy atom. The van der Waals surface area contributed by atoms with Gasteiger partial charge in [0.1, 0.15) is 5.75 Å². The molecule has 0 aliphatic heterocycles. The highest BCUT2D eigenvalue weighted by molar-refractivity contribution is 6.02. The van der Waals surface area contributed by atoms with Crippen molar-refractivity contribution >= 4 is 17.6 Å². The SMILES string of the molecule is O=C([O-])/C=C\C(=O)Nc1ccc(OC(F)F)cc1. The maximum atomic E-state index is 11.8. The van der Waals surface area contributed by atoms with Gasteiger partial charge in [-0.1, -0.05) is 0 Å². The van der Waals surface area contributed by atoms with Crippen LogP contribution in [0.25, 0.3) is 0 Å². The minimum Gasteiger partial charge on any atom is -0.545 e. The number of aliphatic carboxylic acids is 1. The highest BCUT2D eigenvalue weighted by Gasteiger charge is 2.04. The molecule has 96 valence electrons. The standard InChI is InChI=1S/C11H9F2NO4/c12-11(13)18-8-3-1-7(2-4-8)14-9(15)5-6-10(16)17/h1-6,11H,(H,14,15)(H,16,17)/p-1/b6-5-. The summed E-state index contributed by atoms with van der Waals surface area (Å²) in [6, 6.07) is 5.15. The molecule has 0 saturated heterocycles. The summed E-state index contributed by atoms with van der Waals surface area (Å²) in [6.07, 6.45) is 1.35. The Bertz CT molecular complexity index is 457. The Morgan fingerprint density at radius 3 is 2.33 bits per heavy atom. The predicted molar refractivity (Wildman–Crippen MR) is 55.9 cm³/mol. The van der Waals surface area contributed by atoms with Gasteiger partial charge in [0.2, 0.25) is 5.91 Å². The first-order chi connectivity index (χ1) is 8.47. The summed E-state index contributed by atoms with van der Waals surface area (Å²) in [6.45, 7) is -2.92. The van der Waals surface area contributed by atoms with Crippen LogP contribution in [0.1, 0.15) is 0 Å². The summed E-state index contributed by atoms with van der Waals surface area (Å²) in [5, 5.41) is 12.4. The van der Waals surface area contributed by atoms with E-state index in [0.29, 0.717) is 11.8 Å². The van der Waals surface area contributed by atoms with Crippen molar-refractivity contribution in [3.8, 4) is 5.75 Å². The minimum atomic E-state index is -2.92. The van der Waals surface area contributed by atoms with Crippen molar-refractivity contribution < 1.29 is 28.2 Å². The summed E-state index contributed by atoms with van der Waals surface area (Å²) in [5.74, 6) is -2.22. The number of benzene rings is 1. The van der Waals surface area contributed by atoms with Gasteiger partial charge in [-0.3, -0.25) is 4.79 Å². The maximum Gasteiger partial charge on any atom is 0.387 e. The Balaban J connectivity index is 2.58. The van der Waals surface area contributed by atoms with E-state index in [1.807, 2.05) is 0 Å². The maximum absolute atomic E-state index is 11.8. The van der Waals surface area contributed by atoms with E-state index in [4.69, 9.17) is 0 Å². The van der Waals surface area contributed by atoms with E-state index >= 15 is 0 Å². The van der Waals surface area contributed by atoms with Crippen LogP contribution in [0.15, 0.2) is 36.4 Å². The van der Waals surface area contributed by atoms with Gasteiger partial charge >= 0.3 is 6.61 Å². The van der Waals surface area contributed by atoms with Crippen LogP contribution in [0.4, 0.5) is 14.5 Å². The van der Waals surface area contributed by atoms with Crippen molar-refractivity contribution in [2.45, 2.75) is 6.61 Å². The number of hydrogen-bond acceptors (Lipinski definition) is 4. The van der Waals surface area contributed by atoms with Crippen molar-refractivity contribution in [1.82, 2.24) is 0 Å². The molecule has 0 aromatic heterocycles. The molecule has 0 fully saturated rings. The molecule has 0 unspecified atom stereocenters. The topological polar surface area (TPSA) is 78.5 Å². The lowest BCUT2D eigenvalue weighted by Crippen LogP contribution is -2.20. The lowest BCUT2D eigenvalue weighted by Gasteiger charge is -2.06. The number of alkyl halides is 2. The van der Waals surface area contributed by atoms with Gasteiger partial charge in [0.05, 0.1) is 5.97 Å². The molecule has 1 amide bonds. The molecule has 0 saturated carbocycles. The highest BCUT2D eigenvalue weighted by Crippen LogP contribution is 2.17. The van der Waals surface area contributed by atoms with Crippen molar-refractivity contribution in [3.63, 3.8) is 0 Å². The summed E-state index contributed by atoms with van der Waals surface area (Å²) < 4.78 is 27.8. The summed E-state index contributed by atoms with van der Waals surface area (Å²) in [4.78, 5) is 21.2. The number of carboxylic acids is 1. The third-order valence-electron chi connectivity index (χ3n) is 1.72. The average molecular weight is 256 g/mol. The second kappa shape index (κ2) is 6.33. The van der Waals surface area contributed by atoms with Crippen molar-refractivity contribution in [3.05, 3.63) is 36.4 Å². The second-order valence-electron chi connectivity index (χ2n) is 3.04. The number of carbonyl (C=O) groups is 2. The summed E-state index contributed by atoms with van der Waals surface area (Å²) >= 11 is 0. The fraction of sp³-hybridized carbons (Fsp3) is 0.0909. The molecule has 18 heavy (non-hydrogen) atoms. The zero-order valence-electron chi connectivity index (χ0n) is 8.93. The number of amides is 1. The fourth-order valence-corrected chi connectivity index (χ4v) is 1.05. The Hall–Kier alpha value is -2.44. The number of halogens is 2. The van der Waals surface area contributed by atoms with Crippen molar-refractivity contribution in [1.29, 1.82) is 0 Å². The molecule has 0 radical (unpaired) electrons. The van der Waals surface area contributed by atoms with E-state index in [-0.39, 0.29) is 5.75 Å². The van der Waals surface area contributed by atoms with E-state index in [1.54, 1.807) is 0 Å². The Kier molecular flexibility index (Phi) is 4.79. The normalized spacial score (nSPS) is 10.6. The van der Waals surface area contributed by atoms with Crippen LogP contribution >= 0.6 is 0 Å². The Morgan fingerprint density at radius 2 is 1.83 bits per heavy atom. The smallest absolute Gasteiger partial charge is 0.387 e. The van der Waals surface area contributed by atoms with Gasteiger partial charge in [0.15, 0.2) is 0 Å². The minimum absolute atomic E-state index is 0.0479. The molecule has 5 nitrogen and oxygen atoms in total. The van der Waals surface area contributed by atoms with Crippen LogP contribution in [0.5, 0.6) is 5.75 Å². The number of carboxylic acid groups (broad SMARTS) is 1. The number of anilines is 1. The van der Waals surface area contributed by atoms with E-state index in [0.717, 1.165) is 6.08 Å². The van der Waals surface area contributed by atoms with Gasteiger partial charge in [0, 0.05) is 11.8 Å². The molecule has 0 aliphatic carbocycles. The lowest BCUT2D eigenvalue weighted by molar-refractivity contribution is -0.297. The molecular weight excluding hydrogens is 248 g/mol. The van der Waals surface area contributed by atoms with Crippen LogP contribution in [0.3, 0.4) is 0 Å². The lowest BCUT2D eigenvalue weighted by atomic mass is 10.3. The van der Waals surface area contributed by atoms with Gasteiger partial charge < -0.3 is 20.0 Å². The molecule has 7 heteroatoms. The van der Waals surface area contributed by atoms with Crippen LogP contribution < -0.4 is 15.2 Å². The van der Waals surface area contributed by atoms with Gasteiger partial charge in [-0.15, -0.1) is 0 Å². The molecular formula is C11H8F2NO4-. The molecule has 0 aliphatic rings. The molecule has 1 rings (SSSR count). The second-order valence-corrected chi connectivity index (χ2v) is 3.04. The van der Waals surface area contributed by atoms with Gasteiger partial charge in [-0.05, 0) is 30.3 Å². The molecule has 1 aromatic carbocycles. The zero-order chi connectivity index (χ0) is 13.5. The van der Waals surface area contributed by atoms with Crippen LogP contribution in [-0.4, -0.2) is 18.5 Å². The Labute approximate surface area is 101 Å². The molecule has 1 aromatic rings. The third kappa shape index (κ3) is 5.06. The first-order valence-corrected chi connectivity index (χ1v) is 4.72. The number of carbonyl (C=O) groups excluding carboxylic acids is 2. The summed E-state index contributed by atoms with van der Waals surface area (Å²) in [5.41, 5.74) is 0.310. The van der Waals surface area contributed by atoms with E-state index in [9.17, 15) is 23.5 Å².